The van der Waals surface area contributed by atoms with Crippen LogP contribution in [0.25, 0.3) is 10.9 Å². The first-order valence-electron chi connectivity index (χ1n) is 19.5. The van der Waals surface area contributed by atoms with Crippen molar-refractivity contribution in [3.05, 3.63) is 42.1 Å². The third-order valence-corrected chi connectivity index (χ3v) is 11.8. The van der Waals surface area contributed by atoms with Gasteiger partial charge in [-0.3, -0.25) is 19.4 Å². The predicted molar refractivity (Wildman–Crippen MR) is 205 cm³/mol. The second kappa shape index (κ2) is 18.4. The molecule has 1 aromatic carbocycles. The predicted octanol–water partition coefficient (Wildman–Crippen LogP) is 4.93. The maximum atomic E-state index is 14.4. The lowest BCUT2D eigenvalue weighted by atomic mass is 9.74. The van der Waals surface area contributed by atoms with Crippen LogP contribution in [0.2, 0.25) is 0 Å². The third-order valence-electron chi connectivity index (χ3n) is 11.8. The normalized spacial score (nSPS) is 37.7. The fourth-order valence-corrected chi connectivity index (χ4v) is 8.47. The zero-order valence-corrected chi connectivity index (χ0v) is 34.1. The zero-order chi connectivity index (χ0) is 40.1. The number of para-hydroxylation sites is 1. The van der Waals surface area contributed by atoms with Crippen LogP contribution in [0.3, 0.4) is 0 Å². The molecule has 2 aromatic rings. The van der Waals surface area contributed by atoms with Crippen molar-refractivity contribution >= 4 is 28.4 Å². The molecule has 4 rings (SSSR count). The molecule has 0 radical (unpaired) electrons. The lowest BCUT2D eigenvalue weighted by Gasteiger charge is -2.47. The minimum Gasteiger partial charge on any atom is -0.459 e. The number of rotatable bonds is 10. The molecule has 54 heavy (non-hydrogen) atoms. The molecule has 12 nitrogen and oxygen atoms in total. The van der Waals surface area contributed by atoms with E-state index in [1.165, 1.54) is 21.0 Å². The lowest BCUT2D eigenvalue weighted by Crippen LogP contribution is -2.60. The molecular weight excluding hydrogens is 692 g/mol. The van der Waals surface area contributed by atoms with Crippen molar-refractivity contribution in [1.29, 1.82) is 0 Å². The minimum atomic E-state index is -1.79. The number of methoxy groups -OCH3 is 1. The number of hydrogen-bond acceptors (Lipinski definition) is 12. The van der Waals surface area contributed by atoms with Crippen molar-refractivity contribution in [2.75, 3.05) is 27.8 Å². The van der Waals surface area contributed by atoms with Gasteiger partial charge in [0, 0.05) is 49.1 Å². The molecule has 2 N–H and O–H groups in total. The van der Waals surface area contributed by atoms with Gasteiger partial charge in [0.1, 0.15) is 29.5 Å². The summed E-state index contributed by atoms with van der Waals surface area (Å²) < 4.78 is 31.2. The Bertz CT molecular complexity index is 1580. The maximum absolute atomic E-state index is 14.4. The number of esters is 1. The Morgan fingerprint density at radius 3 is 2.31 bits per heavy atom. The summed E-state index contributed by atoms with van der Waals surface area (Å²) in [6.45, 7) is 13.8. The van der Waals surface area contributed by atoms with Crippen LogP contribution >= 0.6 is 0 Å². The van der Waals surface area contributed by atoms with Gasteiger partial charge in [0.2, 0.25) is 0 Å². The van der Waals surface area contributed by atoms with Gasteiger partial charge in [0.25, 0.3) is 0 Å². The first kappa shape index (κ1) is 43.9. The second-order valence-electron chi connectivity index (χ2n) is 16.3. The molecule has 12 heteroatoms. The summed E-state index contributed by atoms with van der Waals surface area (Å²) in [4.78, 5) is 48.8. The third kappa shape index (κ3) is 9.75. The second-order valence-corrected chi connectivity index (χ2v) is 16.3. The molecule has 1 unspecified atom stereocenters. The fourth-order valence-electron chi connectivity index (χ4n) is 8.47. The highest BCUT2D eigenvalue weighted by Gasteiger charge is 2.52. The Morgan fingerprint density at radius 2 is 1.67 bits per heavy atom. The molecule has 0 bridgehead atoms. The average molecular weight is 757 g/mol. The molecule has 2 aliphatic rings. The highest BCUT2D eigenvalue weighted by Crippen LogP contribution is 2.39. The number of cyclic esters (lactones) is 1. The Labute approximate surface area is 321 Å². The number of hydrogen-bond donors (Lipinski definition) is 2. The van der Waals surface area contributed by atoms with Crippen molar-refractivity contribution in [3.8, 4) is 0 Å². The van der Waals surface area contributed by atoms with Crippen molar-refractivity contribution in [3.63, 3.8) is 0 Å². The quantitative estimate of drug-likeness (QED) is 0.192. The summed E-state index contributed by atoms with van der Waals surface area (Å²) in [6, 6.07) is 9.72. The number of aromatic nitrogens is 1. The minimum absolute atomic E-state index is 0.129. The van der Waals surface area contributed by atoms with Crippen LogP contribution in [0.4, 0.5) is 0 Å². The molecule has 13 atom stereocenters. The van der Waals surface area contributed by atoms with Crippen molar-refractivity contribution in [1.82, 2.24) is 9.88 Å². The number of fused-ring (bicyclic) bond motifs is 1. The SMILES string of the molecule is CC[C@H]1OC(=O)[C@H](C)C(=O)[C@H](C)[C@@H](O[C@@H]2O[C@H](C)C[C@H](N(C)C)[C@H]2O)[C@@](C)(OC)C[C@@H](C)C(=O)[C@H](C)C(OCCCc2cnc3ccccc3c2)[C@]1(C)O. The van der Waals surface area contributed by atoms with Crippen LogP contribution in [0.5, 0.6) is 0 Å². The number of benzene rings is 1. The molecule has 0 saturated carbocycles. The first-order valence-corrected chi connectivity index (χ1v) is 19.5. The van der Waals surface area contributed by atoms with E-state index in [4.69, 9.17) is 23.7 Å². The van der Waals surface area contributed by atoms with Crippen LogP contribution in [0.1, 0.15) is 86.6 Å². The summed E-state index contributed by atoms with van der Waals surface area (Å²) in [5, 5.41) is 24.6. The smallest absolute Gasteiger partial charge is 0.316 e. The first-order chi connectivity index (χ1) is 25.4. The summed E-state index contributed by atoms with van der Waals surface area (Å²) in [7, 11) is 5.24. The number of aryl methyl sites for hydroxylation is 1. The van der Waals surface area contributed by atoms with Crippen LogP contribution in [-0.2, 0) is 44.5 Å². The highest BCUT2D eigenvalue weighted by atomic mass is 16.7. The van der Waals surface area contributed by atoms with Gasteiger partial charge >= 0.3 is 5.97 Å². The Hall–Kier alpha value is -2.84. The number of pyridine rings is 1. The molecule has 0 aliphatic carbocycles. The van der Waals surface area contributed by atoms with Gasteiger partial charge in [-0.25, -0.2) is 0 Å². The Kier molecular flexibility index (Phi) is 15.0. The van der Waals surface area contributed by atoms with Gasteiger partial charge in [-0.05, 0) is 91.6 Å². The van der Waals surface area contributed by atoms with Crippen molar-refractivity contribution in [2.45, 2.75) is 142 Å². The van der Waals surface area contributed by atoms with Gasteiger partial charge in [-0.1, -0.05) is 45.9 Å². The summed E-state index contributed by atoms with van der Waals surface area (Å²) in [6.07, 6.45) is -1.55. The van der Waals surface area contributed by atoms with E-state index in [1.807, 2.05) is 56.4 Å². The number of aliphatic hydroxyl groups excluding tert-OH is 1. The van der Waals surface area contributed by atoms with E-state index in [1.54, 1.807) is 34.6 Å². The molecule has 2 fully saturated rings. The van der Waals surface area contributed by atoms with Crippen molar-refractivity contribution < 1.29 is 48.3 Å². The van der Waals surface area contributed by atoms with Crippen molar-refractivity contribution in [2.24, 2.45) is 23.7 Å². The van der Waals surface area contributed by atoms with E-state index in [9.17, 15) is 24.6 Å². The van der Waals surface area contributed by atoms with Crippen LogP contribution < -0.4 is 0 Å². The number of carbonyl (C=O) groups is 3. The van der Waals surface area contributed by atoms with E-state index in [-0.39, 0.29) is 37.4 Å². The number of nitrogens with zero attached hydrogens (tertiary/aromatic N) is 2. The molecule has 2 aliphatic heterocycles. The molecule has 1 aromatic heterocycles. The molecule has 0 amide bonds. The number of likely N-dealkylation sites (N-methyl/N-ethyl adjacent to an activating group) is 1. The number of Topliss-reactive ketones (excluding diaryl/α,β-unsaturated/α-hetero) is 2. The maximum Gasteiger partial charge on any atom is 0.316 e. The summed E-state index contributed by atoms with van der Waals surface area (Å²) >= 11 is 0. The van der Waals surface area contributed by atoms with Gasteiger partial charge in [-0.15, -0.1) is 0 Å². The Morgan fingerprint density at radius 1 is 1.00 bits per heavy atom. The number of carbonyl (C=O) groups excluding carboxylic acids is 3. The van der Waals surface area contributed by atoms with Gasteiger partial charge < -0.3 is 38.8 Å². The van der Waals surface area contributed by atoms with Gasteiger partial charge in [-0.2, -0.15) is 0 Å². The molecule has 302 valence electrons. The van der Waals surface area contributed by atoms with E-state index < -0.39 is 77.3 Å². The largest absolute Gasteiger partial charge is 0.459 e. The summed E-state index contributed by atoms with van der Waals surface area (Å²) in [5.41, 5.74) is -1.09. The molecular formula is C42H64N2O10. The van der Waals surface area contributed by atoms with E-state index in [0.717, 1.165) is 16.5 Å². The van der Waals surface area contributed by atoms with E-state index >= 15 is 0 Å². The molecule has 2 saturated heterocycles. The van der Waals surface area contributed by atoms with Gasteiger partial charge in [0.05, 0.1) is 29.4 Å². The average Bonchev–Trinajstić information content (AvgIpc) is 3.14. The number of ether oxygens (including phenoxy) is 5. The molecule has 0 spiro atoms. The number of ketones is 2. The van der Waals surface area contributed by atoms with Crippen LogP contribution in [0, 0.1) is 23.7 Å². The van der Waals surface area contributed by atoms with Gasteiger partial charge in [0.15, 0.2) is 12.1 Å². The lowest BCUT2D eigenvalue weighted by molar-refractivity contribution is -0.295. The van der Waals surface area contributed by atoms with E-state index in [0.29, 0.717) is 19.3 Å². The monoisotopic (exact) mass is 756 g/mol. The van der Waals surface area contributed by atoms with E-state index in [2.05, 4.69) is 11.1 Å². The zero-order valence-electron chi connectivity index (χ0n) is 34.1. The van der Waals surface area contributed by atoms with Crippen LogP contribution in [0.15, 0.2) is 36.5 Å². The van der Waals surface area contributed by atoms with Crippen LogP contribution in [-0.4, -0.2) is 119 Å². The summed E-state index contributed by atoms with van der Waals surface area (Å²) in [5.74, 6) is -5.10. The standard InChI is InChI=1S/C42H64N2O10/c1-12-33-42(8,49)38(51-19-15-16-29-21-30-17-13-14-18-31(30)43-23-29)26(4)34(45)24(2)22-41(7,50-11)37(27(5)35(46)28(6)39(48)53-33)54-40-36(47)32(44(9)10)20-25(3)52-40/h13-14,17-18,21,23-28,32-33,36-38,40,47,49H,12,15-16,19-20,22H2,1-11H3/t24-,25-,26+,27+,28-,32+,33-,36-,37-,38?,40+,41+,42-/m1/s1. The fraction of sp³-hybridized carbons (Fsp3) is 0.714. The Balaban J connectivity index is 1.66. The highest BCUT2D eigenvalue weighted by molar-refractivity contribution is 6.00. The molecule has 3 heterocycles. The number of aliphatic hydroxyl groups is 2. The topological polar surface area (TPSA) is 154 Å².